The maximum atomic E-state index is 11.2. The van der Waals surface area contributed by atoms with E-state index in [4.69, 9.17) is 56.8 Å². The zero-order valence-electron chi connectivity index (χ0n) is 34.5. The van der Waals surface area contributed by atoms with Crippen LogP contribution in [0.15, 0.2) is 0 Å². The smallest absolute Gasteiger partial charge is 0.187 e. The van der Waals surface area contributed by atoms with Crippen LogP contribution in [0, 0.1) is 0 Å². The summed E-state index contributed by atoms with van der Waals surface area (Å²) in [6.07, 6.45) is -58.5. The molecule has 0 aliphatic carbocycles. The molecular weight excluding hydrogens is 912 g/mol. The molecule has 0 aromatic rings. The Morgan fingerprint density at radius 3 is 0.409 bits per heavy atom. The van der Waals surface area contributed by atoms with Crippen LogP contribution in [-0.4, -0.2) is 316 Å². The second-order valence-electron chi connectivity index (χ2n) is 16.8. The molecule has 0 saturated carbocycles. The molecule has 30 atom stereocenters. The van der Waals surface area contributed by atoms with Gasteiger partial charge in [-0.05, 0) is 0 Å². The molecule has 22 saturated heterocycles. The zero-order valence-corrected chi connectivity index (χ0v) is 34.5. The first-order valence-corrected chi connectivity index (χ1v) is 21.1. The molecule has 384 valence electrons. The van der Waals surface area contributed by atoms with E-state index in [0.29, 0.717) is 0 Å². The lowest BCUT2D eigenvalue weighted by Crippen LogP contribution is -2.69. The van der Waals surface area contributed by atoms with Crippen LogP contribution in [0.25, 0.3) is 0 Å². The van der Waals surface area contributed by atoms with Crippen LogP contribution in [0.1, 0.15) is 0 Å². The zero-order chi connectivity index (χ0) is 48.0. The molecule has 22 aliphatic heterocycles. The van der Waals surface area contributed by atoms with E-state index >= 15 is 0 Å². The van der Waals surface area contributed by atoms with Gasteiger partial charge in [-0.1, -0.05) is 0 Å². The average molecular weight is 973 g/mol. The summed E-state index contributed by atoms with van der Waals surface area (Å²) in [4.78, 5) is 0. The van der Waals surface area contributed by atoms with Crippen LogP contribution in [-0.2, 0) is 56.8 Å². The molecule has 22 rings (SSSR count). The third kappa shape index (κ3) is 10.0. The quantitative estimate of drug-likeness (QED) is 0.117. The SMILES string of the molecule is OCC1O[C@H]2O[C@H]3C(CO)O[C@@H](O[C@H]4C(CO)O[C@@H](O[C@H]5C(CO)O[C@@H](O[C@H]6C(CO)O[C@@H](O[C@H]7C(CO)O[C@@H](OC1[C@H](O)C2O)C(O)C7O)C(O)C6O)C(O)C5O)C(O)C4O)C(O)C3O. The van der Waals surface area contributed by atoms with Gasteiger partial charge in [0.2, 0.25) is 0 Å². The fraction of sp³-hybridized carbons (Fsp3) is 1.00. The Hall–Kier alpha value is -1.20. The molecule has 22 heterocycles. The van der Waals surface area contributed by atoms with Crippen molar-refractivity contribution in [2.24, 2.45) is 0 Å². The normalized spacial score (nSPS) is 55.4. The molecular formula is C36H60O30. The van der Waals surface area contributed by atoms with Crippen molar-refractivity contribution in [3.63, 3.8) is 0 Å². The van der Waals surface area contributed by atoms with Gasteiger partial charge >= 0.3 is 0 Å². The standard InChI is InChI=1S/C36H60O30/c37-1-7-25-13(43)19(49)31(55-7)62-26-8(2-38)57-33(21(51)15(26)45)64-28-10(4-40)59-35(23(53)17(28)47)66-30-12(6-42)60-36(24(54)18(30)48)65-29-11(5-41)58-34(22(52)16(29)46)63-27-9(3-39)56-32(61-25)20(50)14(27)44/h7-54H,1-6H2/t7?,8?,9?,10?,11?,12?,13-,14?,15?,16?,17?,18?,19?,20?,21?,22?,23?,24?,25?,26+,27+,28+,29+,30+,31+,32+,33+,34+,35+,36+/m1/s1. The highest BCUT2D eigenvalue weighted by Gasteiger charge is 2.58. The van der Waals surface area contributed by atoms with Crippen LogP contribution in [0.2, 0.25) is 0 Å². The molecule has 18 unspecified atom stereocenters. The van der Waals surface area contributed by atoms with Gasteiger partial charge in [-0.15, -0.1) is 0 Å². The summed E-state index contributed by atoms with van der Waals surface area (Å²) in [6, 6.07) is 0. The van der Waals surface area contributed by atoms with Gasteiger partial charge in [-0.25, -0.2) is 0 Å². The van der Waals surface area contributed by atoms with Gasteiger partial charge in [0.1, 0.15) is 146 Å². The third-order valence-corrected chi connectivity index (χ3v) is 12.7. The van der Waals surface area contributed by atoms with Crippen LogP contribution in [0.5, 0.6) is 0 Å². The molecule has 22 fully saturated rings. The first-order valence-electron chi connectivity index (χ1n) is 21.1. The monoisotopic (exact) mass is 972 g/mol. The highest BCUT2D eigenvalue weighted by atomic mass is 16.8. The number of aliphatic hydroxyl groups is 18. The first-order chi connectivity index (χ1) is 31.4. The molecule has 0 radical (unpaired) electrons. The van der Waals surface area contributed by atoms with Crippen molar-refractivity contribution in [2.45, 2.75) is 184 Å². The summed E-state index contributed by atoms with van der Waals surface area (Å²) in [5.74, 6) is 0. The Labute approximate surface area is 372 Å². The van der Waals surface area contributed by atoms with Crippen molar-refractivity contribution >= 4 is 0 Å². The number of rotatable bonds is 6. The van der Waals surface area contributed by atoms with Gasteiger partial charge < -0.3 is 149 Å². The second-order valence-corrected chi connectivity index (χ2v) is 16.8. The van der Waals surface area contributed by atoms with Crippen LogP contribution >= 0.6 is 0 Å². The molecule has 0 spiro atoms. The van der Waals surface area contributed by atoms with Gasteiger partial charge in [-0.2, -0.15) is 0 Å². The first kappa shape index (κ1) is 52.6. The van der Waals surface area contributed by atoms with Crippen molar-refractivity contribution in [1.29, 1.82) is 0 Å². The molecule has 0 amide bonds. The summed E-state index contributed by atoms with van der Waals surface area (Å²) in [7, 11) is 0. The predicted molar refractivity (Wildman–Crippen MR) is 196 cm³/mol. The lowest BCUT2D eigenvalue weighted by Gasteiger charge is -2.50. The minimum absolute atomic E-state index is 0.999. The summed E-state index contributed by atoms with van der Waals surface area (Å²) in [5.41, 5.74) is 0. The molecule has 0 aromatic heterocycles. The van der Waals surface area contributed by atoms with Gasteiger partial charge in [0.05, 0.1) is 39.6 Å². The van der Waals surface area contributed by atoms with E-state index < -0.39 is 224 Å². The van der Waals surface area contributed by atoms with Crippen LogP contribution < -0.4 is 0 Å². The molecule has 66 heavy (non-hydrogen) atoms. The van der Waals surface area contributed by atoms with E-state index in [9.17, 15) is 91.9 Å². The fourth-order valence-corrected chi connectivity index (χ4v) is 8.93. The number of ether oxygens (including phenoxy) is 12. The topological polar surface area (TPSA) is 475 Å². The molecule has 22 aliphatic rings. The summed E-state index contributed by atoms with van der Waals surface area (Å²) >= 11 is 0. The Morgan fingerprint density at radius 2 is 0.303 bits per heavy atom. The largest absolute Gasteiger partial charge is 0.394 e. The maximum Gasteiger partial charge on any atom is 0.187 e. The molecule has 18 N–H and O–H groups in total. The van der Waals surface area contributed by atoms with Crippen molar-refractivity contribution in [3.05, 3.63) is 0 Å². The lowest BCUT2D eigenvalue weighted by molar-refractivity contribution is -0.404. The summed E-state index contributed by atoms with van der Waals surface area (Å²) in [6.45, 7) is -5.99. The maximum absolute atomic E-state index is 11.2. The Bertz CT molecular complexity index is 1230. The molecule has 30 nitrogen and oxygen atoms in total. The molecule has 0 aromatic carbocycles. The van der Waals surface area contributed by atoms with E-state index in [2.05, 4.69) is 0 Å². The highest BCUT2D eigenvalue weighted by Crippen LogP contribution is 2.38. The minimum atomic E-state index is -2.15. The summed E-state index contributed by atoms with van der Waals surface area (Å²) < 4.78 is 67.9. The number of hydrogen-bond acceptors (Lipinski definition) is 30. The van der Waals surface area contributed by atoms with Crippen molar-refractivity contribution in [1.82, 2.24) is 0 Å². The van der Waals surface area contributed by atoms with Crippen molar-refractivity contribution in [3.8, 4) is 0 Å². The van der Waals surface area contributed by atoms with Gasteiger partial charge in [-0.3, -0.25) is 0 Å². The number of hydrogen-bond donors (Lipinski definition) is 18. The third-order valence-electron chi connectivity index (χ3n) is 12.7. The molecule has 30 heteroatoms. The lowest BCUT2D eigenvalue weighted by atomic mass is 9.94. The fourth-order valence-electron chi connectivity index (χ4n) is 8.93. The second kappa shape index (κ2) is 22.1. The van der Waals surface area contributed by atoms with E-state index in [1.807, 2.05) is 0 Å². The highest BCUT2D eigenvalue weighted by molar-refractivity contribution is 5.01. The van der Waals surface area contributed by atoms with Gasteiger partial charge in [0.15, 0.2) is 37.7 Å². The predicted octanol–water partition coefficient (Wildman–Crippen LogP) is -13.1. The van der Waals surface area contributed by atoms with E-state index in [0.717, 1.165) is 0 Å². The minimum Gasteiger partial charge on any atom is -0.394 e. The van der Waals surface area contributed by atoms with E-state index in [1.165, 1.54) is 0 Å². The Kier molecular flexibility index (Phi) is 17.6. The summed E-state index contributed by atoms with van der Waals surface area (Å²) in [5, 5.41) is 196. The Balaban J connectivity index is 1.19. The average Bonchev–Trinajstić information content (AvgIpc) is 3.31. The van der Waals surface area contributed by atoms with Crippen molar-refractivity contribution in [2.75, 3.05) is 39.6 Å². The van der Waals surface area contributed by atoms with Gasteiger partial charge in [0.25, 0.3) is 0 Å². The van der Waals surface area contributed by atoms with Crippen molar-refractivity contribution < 1.29 is 149 Å². The van der Waals surface area contributed by atoms with E-state index in [1.54, 1.807) is 0 Å². The number of aliphatic hydroxyl groups excluding tert-OH is 18. The van der Waals surface area contributed by atoms with E-state index in [-0.39, 0.29) is 0 Å². The molecule has 12 bridgehead atoms. The van der Waals surface area contributed by atoms with Crippen LogP contribution in [0.3, 0.4) is 0 Å². The Morgan fingerprint density at radius 1 is 0.182 bits per heavy atom. The van der Waals surface area contributed by atoms with Crippen LogP contribution in [0.4, 0.5) is 0 Å². The van der Waals surface area contributed by atoms with Gasteiger partial charge in [0, 0.05) is 0 Å².